The molecule has 0 N–H and O–H groups in total. The second kappa shape index (κ2) is 4.83. The first kappa shape index (κ1) is 11.6. The number of thiophene rings is 1. The maximum absolute atomic E-state index is 10.9. The molecule has 0 atom stereocenters. The van der Waals surface area contributed by atoms with Crippen molar-refractivity contribution in [2.24, 2.45) is 0 Å². The van der Waals surface area contributed by atoms with E-state index in [-0.39, 0.29) is 4.21 Å². The van der Waals surface area contributed by atoms with Gasteiger partial charge in [0, 0.05) is 17.1 Å². The molecule has 1 rings (SSSR count). The molecule has 0 spiro atoms. The van der Waals surface area contributed by atoms with E-state index < -0.39 is 9.05 Å². The van der Waals surface area contributed by atoms with E-state index in [1.54, 1.807) is 6.07 Å². The molecule has 1 heterocycles. The lowest BCUT2D eigenvalue weighted by Gasteiger charge is -1.84. The summed E-state index contributed by atoms with van der Waals surface area (Å²) in [5, 5.41) is 0. The SMILES string of the molecule is CCCC#Cc1ccc(S(=O)(=O)Cl)s1. The van der Waals surface area contributed by atoms with Crippen molar-refractivity contribution in [3.05, 3.63) is 17.0 Å². The predicted octanol–water partition coefficient (Wildman–Crippen LogP) is 2.83. The summed E-state index contributed by atoms with van der Waals surface area (Å²) in [6.45, 7) is 2.04. The van der Waals surface area contributed by atoms with E-state index in [0.29, 0.717) is 0 Å². The Hall–Kier alpha value is -0.500. The molecule has 0 unspecified atom stereocenters. The fourth-order valence-electron chi connectivity index (χ4n) is 0.793. The molecular weight excluding hydrogens is 240 g/mol. The molecular formula is C9H9ClO2S2. The van der Waals surface area contributed by atoms with Gasteiger partial charge in [-0.3, -0.25) is 0 Å². The molecule has 0 aliphatic carbocycles. The van der Waals surface area contributed by atoms with Gasteiger partial charge >= 0.3 is 0 Å². The van der Waals surface area contributed by atoms with E-state index in [0.717, 1.165) is 29.1 Å². The van der Waals surface area contributed by atoms with Crippen molar-refractivity contribution in [1.29, 1.82) is 0 Å². The van der Waals surface area contributed by atoms with Gasteiger partial charge in [0.05, 0.1) is 4.88 Å². The van der Waals surface area contributed by atoms with Crippen LogP contribution in [0.5, 0.6) is 0 Å². The van der Waals surface area contributed by atoms with E-state index in [1.165, 1.54) is 6.07 Å². The van der Waals surface area contributed by atoms with Crippen molar-refractivity contribution in [2.75, 3.05) is 0 Å². The van der Waals surface area contributed by atoms with Crippen molar-refractivity contribution >= 4 is 31.1 Å². The highest BCUT2D eigenvalue weighted by atomic mass is 35.7. The van der Waals surface area contributed by atoms with Gasteiger partial charge in [0.15, 0.2) is 0 Å². The quantitative estimate of drug-likeness (QED) is 0.596. The van der Waals surface area contributed by atoms with Gasteiger partial charge in [0.25, 0.3) is 9.05 Å². The van der Waals surface area contributed by atoms with Gasteiger partial charge in [-0.15, -0.1) is 11.3 Å². The van der Waals surface area contributed by atoms with Crippen molar-refractivity contribution in [3.8, 4) is 11.8 Å². The minimum atomic E-state index is -3.59. The van der Waals surface area contributed by atoms with Crippen LogP contribution in [-0.4, -0.2) is 8.42 Å². The standard InChI is InChI=1S/C9H9ClO2S2/c1-2-3-4-5-8-6-7-9(13-8)14(10,11)12/h6-7H,2-3H2,1H3. The first-order chi connectivity index (χ1) is 6.54. The summed E-state index contributed by atoms with van der Waals surface area (Å²) in [7, 11) is 1.58. The Balaban J connectivity index is 2.86. The molecule has 1 aromatic heterocycles. The number of rotatable bonds is 2. The third-order valence-corrected chi connectivity index (χ3v) is 4.50. The Morgan fingerprint density at radius 3 is 2.71 bits per heavy atom. The lowest BCUT2D eigenvalue weighted by Crippen LogP contribution is -1.83. The molecule has 0 radical (unpaired) electrons. The summed E-state index contributed by atoms with van der Waals surface area (Å²) in [4.78, 5) is 0.734. The fraction of sp³-hybridized carbons (Fsp3) is 0.333. The largest absolute Gasteiger partial charge is 0.270 e. The average Bonchev–Trinajstić information content (AvgIpc) is 2.52. The lowest BCUT2D eigenvalue weighted by molar-refractivity contribution is 0.611. The Kier molecular flexibility index (Phi) is 3.99. The maximum Gasteiger partial charge on any atom is 0.270 e. The highest BCUT2D eigenvalue weighted by Gasteiger charge is 2.11. The fourth-order valence-corrected chi connectivity index (χ4v) is 2.74. The van der Waals surface area contributed by atoms with Crippen molar-refractivity contribution in [1.82, 2.24) is 0 Å². The Morgan fingerprint density at radius 1 is 1.50 bits per heavy atom. The minimum absolute atomic E-state index is 0.153. The van der Waals surface area contributed by atoms with Gasteiger partial charge < -0.3 is 0 Å². The zero-order valence-electron chi connectivity index (χ0n) is 7.58. The summed E-state index contributed by atoms with van der Waals surface area (Å²) in [5.74, 6) is 5.82. The van der Waals surface area contributed by atoms with Crippen LogP contribution in [0.25, 0.3) is 0 Å². The number of halogens is 1. The van der Waals surface area contributed by atoms with Gasteiger partial charge in [-0.1, -0.05) is 18.8 Å². The van der Waals surface area contributed by atoms with E-state index in [9.17, 15) is 8.42 Å². The van der Waals surface area contributed by atoms with Crippen molar-refractivity contribution in [3.63, 3.8) is 0 Å². The second-order valence-corrected chi connectivity index (χ2v) is 6.48. The second-order valence-electron chi connectivity index (χ2n) is 2.61. The van der Waals surface area contributed by atoms with E-state index in [1.807, 2.05) is 6.92 Å². The normalized spacial score (nSPS) is 10.7. The summed E-state index contributed by atoms with van der Waals surface area (Å²) in [6.07, 6.45) is 1.82. The highest BCUT2D eigenvalue weighted by Crippen LogP contribution is 2.23. The van der Waals surface area contributed by atoms with E-state index in [2.05, 4.69) is 11.8 Å². The number of unbranched alkanes of at least 4 members (excludes halogenated alkanes) is 1. The number of hydrogen-bond acceptors (Lipinski definition) is 3. The zero-order chi connectivity index (χ0) is 10.6. The third kappa shape index (κ3) is 3.33. The maximum atomic E-state index is 10.9. The van der Waals surface area contributed by atoms with Gasteiger partial charge in [-0.2, -0.15) is 0 Å². The molecule has 2 nitrogen and oxygen atoms in total. The van der Waals surface area contributed by atoms with E-state index in [4.69, 9.17) is 10.7 Å². The third-order valence-electron chi connectivity index (χ3n) is 1.41. The molecule has 1 aromatic rings. The summed E-state index contributed by atoms with van der Waals surface area (Å²) < 4.78 is 22.0. The molecule has 0 aliphatic heterocycles. The predicted molar refractivity (Wildman–Crippen MR) is 59.1 cm³/mol. The van der Waals surface area contributed by atoms with Crippen LogP contribution in [0.1, 0.15) is 24.6 Å². The van der Waals surface area contributed by atoms with Crippen LogP contribution >= 0.6 is 22.0 Å². The van der Waals surface area contributed by atoms with Gasteiger partial charge in [-0.05, 0) is 18.6 Å². The molecule has 0 saturated carbocycles. The van der Waals surface area contributed by atoms with Gasteiger partial charge in [0.2, 0.25) is 0 Å². The van der Waals surface area contributed by atoms with Crippen LogP contribution in [-0.2, 0) is 9.05 Å². The van der Waals surface area contributed by atoms with Crippen LogP contribution in [0.2, 0.25) is 0 Å². The Bertz CT molecular complexity index is 462. The molecule has 0 amide bonds. The zero-order valence-corrected chi connectivity index (χ0v) is 9.97. The molecule has 0 saturated heterocycles. The van der Waals surface area contributed by atoms with Crippen LogP contribution in [0, 0.1) is 11.8 Å². The Labute approximate surface area is 92.3 Å². The first-order valence-corrected chi connectivity index (χ1v) is 7.20. The summed E-state index contributed by atoms with van der Waals surface area (Å²) >= 11 is 1.10. The Morgan fingerprint density at radius 2 is 2.21 bits per heavy atom. The average molecular weight is 249 g/mol. The molecule has 0 fully saturated rings. The lowest BCUT2D eigenvalue weighted by atomic mass is 10.3. The van der Waals surface area contributed by atoms with Gasteiger partial charge in [0.1, 0.15) is 4.21 Å². The molecule has 14 heavy (non-hydrogen) atoms. The smallest absolute Gasteiger partial charge is 0.206 e. The first-order valence-electron chi connectivity index (χ1n) is 4.07. The summed E-state index contributed by atoms with van der Waals surface area (Å²) in [6, 6.07) is 3.14. The van der Waals surface area contributed by atoms with Crippen LogP contribution in [0.3, 0.4) is 0 Å². The van der Waals surface area contributed by atoms with E-state index >= 15 is 0 Å². The van der Waals surface area contributed by atoms with Crippen molar-refractivity contribution < 1.29 is 8.42 Å². The minimum Gasteiger partial charge on any atom is -0.206 e. The number of hydrogen-bond donors (Lipinski definition) is 0. The molecule has 0 aliphatic rings. The molecule has 0 bridgehead atoms. The van der Waals surface area contributed by atoms with Crippen LogP contribution in [0.4, 0.5) is 0 Å². The molecule has 0 aromatic carbocycles. The topological polar surface area (TPSA) is 34.1 Å². The summed E-state index contributed by atoms with van der Waals surface area (Å²) in [5.41, 5.74) is 0. The monoisotopic (exact) mass is 248 g/mol. The molecule has 76 valence electrons. The highest BCUT2D eigenvalue weighted by molar-refractivity contribution is 8.15. The van der Waals surface area contributed by atoms with Crippen molar-refractivity contribution in [2.45, 2.75) is 24.0 Å². The van der Waals surface area contributed by atoms with Gasteiger partial charge in [-0.25, -0.2) is 8.42 Å². The van der Waals surface area contributed by atoms with Crippen LogP contribution in [0.15, 0.2) is 16.3 Å². The molecule has 5 heteroatoms. The van der Waals surface area contributed by atoms with Crippen LogP contribution < -0.4 is 0 Å².